The maximum Gasteiger partial charge on any atom is 0.253 e. The molecule has 160 valence electrons. The normalized spacial score (nSPS) is 17.1. The third-order valence-electron chi connectivity index (χ3n) is 6.29. The van der Waals surface area contributed by atoms with Crippen LogP contribution in [0.25, 0.3) is 0 Å². The molecule has 1 heterocycles. The smallest absolute Gasteiger partial charge is 0.253 e. The van der Waals surface area contributed by atoms with Crippen molar-refractivity contribution in [3.63, 3.8) is 0 Å². The van der Waals surface area contributed by atoms with Crippen LogP contribution in [0.1, 0.15) is 62.7 Å². The molecule has 0 spiro atoms. The molecular weight excluding hydrogens is 364 g/mol. The number of rotatable bonds is 9. The molecule has 2 amide bonds. The number of carbonyl (C=O) groups excluding carboxylic acids is 2. The molecule has 0 aromatic heterocycles. The zero-order valence-electron chi connectivity index (χ0n) is 18.0. The van der Waals surface area contributed by atoms with E-state index in [9.17, 15) is 9.59 Å². The summed E-state index contributed by atoms with van der Waals surface area (Å²) < 4.78 is 0. The molecule has 1 saturated carbocycles. The van der Waals surface area contributed by atoms with Crippen LogP contribution in [0.4, 0.5) is 11.4 Å². The number of piperidine rings is 1. The standard InChI is InChI=1S/C23H36N4O2/c1-3-26(4-2)16-13-24-23(29)20-17-19(25-22(28)18-9-8-10-18)11-12-21(20)27-14-6-5-7-15-27/h11-12,17-18H,3-10,13-16H2,1-2H3,(H,24,29)(H,25,28). The zero-order chi connectivity index (χ0) is 20.6. The molecular formula is C23H36N4O2. The van der Waals surface area contributed by atoms with Gasteiger partial charge in [-0.2, -0.15) is 0 Å². The van der Waals surface area contributed by atoms with Gasteiger partial charge >= 0.3 is 0 Å². The van der Waals surface area contributed by atoms with Crippen LogP contribution in [-0.4, -0.2) is 56.0 Å². The number of likely N-dealkylation sites (N-methyl/N-ethyl adjacent to an activating group) is 1. The van der Waals surface area contributed by atoms with Gasteiger partial charge in [0.2, 0.25) is 5.91 Å². The van der Waals surface area contributed by atoms with E-state index in [2.05, 4.69) is 34.3 Å². The first-order valence-electron chi connectivity index (χ1n) is 11.3. The van der Waals surface area contributed by atoms with Crippen molar-refractivity contribution < 1.29 is 9.59 Å². The van der Waals surface area contributed by atoms with E-state index in [0.29, 0.717) is 12.1 Å². The molecule has 2 N–H and O–H groups in total. The fraction of sp³-hybridized carbons (Fsp3) is 0.652. The lowest BCUT2D eigenvalue weighted by atomic mass is 9.85. The molecule has 1 aromatic rings. The molecule has 29 heavy (non-hydrogen) atoms. The van der Waals surface area contributed by atoms with Crippen molar-refractivity contribution in [1.82, 2.24) is 10.2 Å². The van der Waals surface area contributed by atoms with Gasteiger partial charge in [0.25, 0.3) is 5.91 Å². The van der Waals surface area contributed by atoms with Crippen molar-refractivity contribution >= 4 is 23.2 Å². The first kappa shape index (κ1) is 21.6. The highest BCUT2D eigenvalue weighted by atomic mass is 16.2. The van der Waals surface area contributed by atoms with Crippen LogP contribution in [0.2, 0.25) is 0 Å². The number of hydrogen-bond acceptors (Lipinski definition) is 4. The van der Waals surface area contributed by atoms with Crippen molar-refractivity contribution in [1.29, 1.82) is 0 Å². The van der Waals surface area contributed by atoms with Gasteiger partial charge in [-0.3, -0.25) is 9.59 Å². The molecule has 6 heteroatoms. The third kappa shape index (κ3) is 5.72. The average molecular weight is 401 g/mol. The van der Waals surface area contributed by atoms with Crippen molar-refractivity contribution in [2.45, 2.75) is 52.4 Å². The van der Waals surface area contributed by atoms with E-state index in [0.717, 1.165) is 76.2 Å². The number of nitrogens with one attached hydrogen (secondary N) is 2. The van der Waals surface area contributed by atoms with Crippen LogP contribution < -0.4 is 15.5 Å². The minimum Gasteiger partial charge on any atom is -0.371 e. The number of carbonyl (C=O) groups is 2. The molecule has 2 fully saturated rings. The molecule has 1 aliphatic heterocycles. The number of anilines is 2. The first-order chi connectivity index (χ1) is 14.1. The minimum absolute atomic E-state index is 0.0579. The Morgan fingerprint density at radius 3 is 2.41 bits per heavy atom. The molecule has 0 radical (unpaired) electrons. The molecule has 1 aromatic carbocycles. The topological polar surface area (TPSA) is 64.7 Å². The van der Waals surface area contributed by atoms with E-state index in [4.69, 9.17) is 0 Å². The zero-order valence-corrected chi connectivity index (χ0v) is 18.0. The Bertz CT molecular complexity index is 692. The largest absolute Gasteiger partial charge is 0.371 e. The molecule has 0 atom stereocenters. The summed E-state index contributed by atoms with van der Waals surface area (Å²) in [5.41, 5.74) is 2.36. The summed E-state index contributed by atoms with van der Waals surface area (Å²) in [4.78, 5) is 30.0. The molecule has 1 aliphatic carbocycles. The summed E-state index contributed by atoms with van der Waals surface area (Å²) >= 11 is 0. The number of benzene rings is 1. The first-order valence-corrected chi connectivity index (χ1v) is 11.3. The van der Waals surface area contributed by atoms with Gasteiger partial charge in [-0.25, -0.2) is 0 Å². The van der Waals surface area contributed by atoms with Crippen molar-refractivity contribution in [2.24, 2.45) is 5.92 Å². The predicted molar refractivity (Wildman–Crippen MR) is 119 cm³/mol. The lowest BCUT2D eigenvalue weighted by molar-refractivity contribution is -0.122. The van der Waals surface area contributed by atoms with E-state index in [1.165, 1.54) is 6.42 Å². The number of nitrogens with zero attached hydrogens (tertiary/aromatic N) is 2. The Hall–Kier alpha value is -2.08. The summed E-state index contributed by atoms with van der Waals surface area (Å²) in [6, 6.07) is 5.79. The Morgan fingerprint density at radius 2 is 1.79 bits per heavy atom. The maximum atomic E-state index is 13.0. The van der Waals surface area contributed by atoms with Crippen LogP contribution >= 0.6 is 0 Å². The van der Waals surface area contributed by atoms with E-state index in [1.54, 1.807) is 0 Å². The van der Waals surface area contributed by atoms with Crippen LogP contribution in [0, 0.1) is 5.92 Å². The Labute approximate surface area is 175 Å². The second-order valence-electron chi connectivity index (χ2n) is 8.18. The van der Waals surface area contributed by atoms with Crippen LogP contribution in [0.5, 0.6) is 0 Å². The van der Waals surface area contributed by atoms with Crippen molar-refractivity contribution in [2.75, 3.05) is 49.5 Å². The monoisotopic (exact) mass is 400 g/mol. The molecule has 3 rings (SSSR count). The Balaban J connectivity index is 1.73. The van der Waals surface area contributed by atoms with Gasteiger partial charge in [0.15, 0.2) is 0 Å². The maximum absolute atomic E-state index is 13.0. The van der Waals surface area contributed by atoms with Gasteiger partial charge in [-0.05, 0) is 63.4 Å². The summed E-state index contributed by atoms with van der Waals surface area (Å²) in [6.07, 6.45) is 6.63. The Kier molecular flexibility index (Phi) is 7.92. The SMILES string of the molecule is CCN(CC)CCNC(=O)c1cc(NC(=O)C2CCC2)ccc1N1CCCCC1. The summed E-state index contributed by atoms with van der Waals surface area (Å²) in [5.74, 6) is 0.149. The van der Waals surface area contributed by atoms with Gasteiger partial charge in [-0.15, -0.1) is 0 Å². The molecule has 0 bridgehead atoms. The summed E-state index contributed by atoms with van der Waals surface area (Å²) in [6.45, 7) is 9.65. The van der Waals surface area contributed by atoms with Gasteiger partial charge in [0, 0.05) is 43.5 Å². The van der Waals surface area contributed by atoms with Crippen LogP contribution in [0.15, 0.2) is 18.2 Å². The minimum atomic E-state index is -0.0579. The summed E-state index contributed by atoms with van der Waals surface area (Å²) in [7, 11) is 0. The highest BCUT2D eigenvalue weighted by Gasteiger charge is 2.26. The van der Waals surface area contributed by atoms with Crippen LogP contribution in [0.3, 0.4) is 0 Å². The van der Waals surface area contributed by atoms with Crippen LogP contribution in [-0.2, 0) is 4.79 Å². The van der Waals surface area contributed by atoms with Crippen molar-refractivity contribution in [3.8, 4) is 0 Å². The predicted octanol–water partition coefficient (Wildman–Crippen LogP) is 3.49. The molecule has 6 nitrogen and oxygen atoms in total. The quantitative estimate of drug-likeness (QED) is 0.666. The fourth-order valence-electron chi connectivity index (χ4n) is 4.08. The fourth-order valence-corrected chi connectivity index (χ4v) is 4.08. The van der Waals surface area contributed by atoms with Gasteiger partial charge < -0.3 is 20.4 Å². The van der Waals surface area contributed by atoms with Gasteiger partial charge in [0.05, 0.1) is 5.56 Å². The highest BCUT2D eigenvalue weighted by Crippen LogP contribution is 2.30. The second-order valence-corrected chi connectivity index (χ2v) is 8.18. The highest BCUT2D eigenvalue weighted by molar-refractivity contribution is 6.02. The molecule has 2 aliphatic rings. The third-order valence-corrected chi connectivity index (χ3v) is 6.29. The molecule has 0 unspecified atom stereocenters. The summed E-state index contributed by atoms with van der Waals surface area (Å²) in [5, 5.41) is 6.10. The van der Waals surface area contributed by atoms with E-state index in [1.807, 2.05) is 18.2 Å². The van der Waals surface area contributed by atoms with E-state index >= 15 is 0 Å². The van der Waals surface area contributed by atoms with Gasteiger partial charge in [0.1, 0.15) is 0 Å². The lowest BCUT2D eigenvalue weighted by Crippen LogP contribution is -2.36. The van der Waals surface area contributed by atoms with Gasteiger partial charge in [-0.1, -0.05) is 20.3 Å². The molecule has 1 saturated heterocycles. The second kappa shape index (κ2) is 10.6. The lowest BCUT2D eigenvalue weighted by Gasteiger charge is -2.31. The van der Waals surface area contributed by atoms with E-state index in [-0.39, 0.29) is 17.7 Å². The van der Waals surface area contributed by atoms with Crippen molar-refractivity contribution in [3.05, 3.63) is 23.8 Å². The Morgan fingerprint density at radius 1 is 1.07 bits per heavy atom. The van der Waals surface area contributed by atoms with E-state index < -0.39 is 0 Å². The average Bonchev–Trinajstić information content (AvgIpc) is 2.70. The number of amides is 2. The number of hydrogen-bond donors (Lipinski definition) is 2.